The van der Waals surface area contributed by atoms with Crippen LogP contribution in [0, 0.1) is 6.92 Å². The number of likely N-dealkylation sites (N-methyl/N-ethyl adjacent to an activating group) is 1. The van der Waals surface area contributed by atoms with Crippen LogP contribution in [0.4, 0.5) is 17.3 Å². The number of nitrogens with zero attached hydrogens (tertiary/aromatic N) is 6. The molecule has 3 aromatic carbocycles. The number of aliphatic hydroxyl groups is 2. The lowest BCUT2D eigenvalue weighted by Crippen LogP contribution is -2.49. The summed E-state index contributed by atoms with van der Waals surface area (Å²) >= 11 is 0. The van der Waals surface area contributed by atoms with Crippen LogP contribution >= 0.6 is 0 Å². The van der Waals surface area contributed by atoms with Gasteiger partial charge in [-0.25, -0.2) is 14.8 Å². The lowest BCUT2D eigenvalue weighted by atomic mass is 9.77. The number of pyridine rings is 1. The van der Waals surface area contributed by atoms with E-state index in [2.05, 4.69) is 53.4 Å². The van der Waals surface area contributed by atoms with Gasteiger partial charge in [-0.3, -0.25) is 24.4 Å². The second-order valence-electron chi connectivity index (χ2n) is 21.1. The standard InChI is InChI=1S/C29H31N7O.C29H39NO9/c1-21-5-10-25(18-27(21)34-29-31-13-11-26(33-29)24-4-3-12-30-19-24)32-28(37)23-8-6-22(7-9-23)20-36-16-14-35(2)15-17-36;1-27(2,33)8-5-10-29(34,16-23(31)36-4)26(32)39-25-22(35-3)15-28-9-6-11-30(28)12-7-18-13-20-21(38-17-37-20)14-19(18)24(25)28/h3-13,18-19H,14-17,20H2,1-2H3,(H,32,37)(H,31,33,34);13-15,24-25,33-34H,5-12,16-17H2,1-4H3/t;24-,25-,28+,29-/m.1/s1. The molecule has 5 aliphatic rings. The molecule has 1 amide bonds. The minimum atomic E-state index is -2.12. The number of carbonyl (C=O) groups is 3. The Kier molecular flexibility index (Phi) is 16.4. The number of hydrogen-bond acceptors (Lipinski definition) is 17. The number of aromatic nitrogens is 3. The van der Waals surface area contributed by atoms with E-state index in [1.165, 1.54) is 12.7 Å². The average molecular weight is 1040 g/mol. The Hall–Kier alpha value is -6.96. The summed E-state index contributed by atoms with van der Waals surface area (Å²) in [5.41, 5.74) is 4.66. The highest BCUT2D eigenvalue weighted by Crippen LogP contribution is 2.56. The van der Waals surface area contributed by atoms with Gasteiger partial charge in [-0.05, 0) is 156 Å². The largest absolute Gasteiger partial charge is 0.497 e. The van der Waals surface area contributed by atoms with Crippen molar-refractivity contribution in [3.63, 3.8) is 0 Å². The van der Waals surface area contributed by atoms with Crippen LogP contribution in [0.5, 0.6) is 11.5 Å². The molecule has 0 bridgehead atoms. The number of nitrogens with one attached hydrogen (secondary N) is 2. The van der Waals surface area contributed by atoms with Crippen molar-refractivity contribution in [1.29, 1.82) is 0 Å². The van der Waals surface area contributed by atoms with Gasteiger partial charge in [0.1, 0.15) is 5.76 Å². The zero-order valence-electron chi connectivity index (χ0n) is 44.3. The number of aryl methyl sites for hydroxylation is 1. The predicted molar refractivity (Wildman–Crippen MR) is 286 cm³/mol. The molecule has 402 valence electrons. The number of benzene rings is 3. The van der Waals surface area contributed by atoms with Crippen LogP contribution in [0.15, 0.2) is 103 Å². The van der Waals surface area contributed by atoms with Crippen molar-refractivity contribution in [2.24, 2.45) is 0 Å². The highest BCUT2D eigenvalue weighted by atomic mass is 16.7. The van der Waals surface area contributed by atoms with Crippen molar-refractivity contribution in [2.75, 3.05) is 78.0 Å². The topological polar surface area (TPSA) is 210 Å². The number of piperazine rings is 1. The van der Waals surface area contributed by atoms with Crippen molar-refractivity contribution in [3.05, 3.63) is 131 Å². The van der Waals surface area contributed by atoms with Crippen molar-refractivity contribution >= 4 is 35.2 Å². The molecule has 5 aromatic rings. The number of methoxy groups -OCH3 is 2. The lowest BCUT2D eigenvalue weighted by molar-refractivity contribution is -0.178. The highest BCUT2D eigenvalue weighted by molar-refractivity contribution is 6.04. The molecule has 6 heterocycles. The summed E-state index contributed by atoms with van der Waals surface area (Å²) < 4.78 is 28.1. The van der Waals surface area contributed by atoms with Crippen LogP contribution in [0.2, 0.25) is 0 Å². The number of hydrogen-bond donors (Lipinski definition) is 4. The molecule has 1 aliphatic carbocycles. The molecule has 18 nitrogen and oxygen atoms in total. The van der Waals surface area contributed by atoms with E-state index in [1.54, 1.807) is 39.5 Å². The molecule has 4 aliphatic heterocycles. The Morgan fingerprint density at radius 2 is 1.68 bits per heavy atom. The molecule has 2 aromatic heterocycles. The van der Waals surface area contributed by atoms with E-state index in [-0.39, 0.29) is 25.0 Å². The summed E-state index contributed by atoms with van der Waals surface area (Å²) in [5.74, 6) is 0.269. The normalized spacial score (nSPS) is 20.8. The highest BCUT2D eigenvalue weighted by Gasteiger charge is 2.59. The van der Waals surface area contributed by atoms with Crippen molar-refractivity contribution in [1.82, 2.24) is 29.7 Å². The van der Waals surface area contributed by atoms with Gasteiger partial charge in [0.2, 0.25) is 12.7 Å². The third-order valence-electron chi connectivity index (χ3n) is 15.2. The van der Waals surface area contributed by atoms with E-state index >= 15 is 0 Å². The van der Waals surface area contributed by atoms with Gasteiger partial charge in [-0.15, -0.1) is 0 Å². The zero-order valence-corrected chi connectivity index (χ0v) is 44.3. The van der Waals surface area contributed by atoms with E-state index < -0.39 is 41.2 Å². The third-order valence-corrected chi connectivity index (χ3v) is 15.2. The molecule has 0 radical (unpaired) electrons. The number of amides is 1. The first-order chi connectivity index (χ1) is 36.5. The molecule has 0 unspecified atom stereocenters. The molecule has 4 atom stereocenters. The summed E-state index contributed by atoms with van der Waals surface area (Å²) in [5, 5.41) is 27.9. The van der Waals surface area contributed by atoms with Gasteiger partial charge in [0.25, 0.3) is 5.91 Å². The Morgan fingerprint density at radius 3 is 2.41 bits per heavy atom. The Morgan fingerprint density at radius 1 is 0.908 bits per heavy atom. The number of ether oxygens (including phenoxy) is 5. The number of esters is 2. The Balaban J connectivity index is 0.000000186. The maximum absolute atomic E-state index is 13.8. The number of fused-ring (bicyclic) bond motifs is 3. The molecule has 1 spiro atoms. The fraction of sp³-hybridized carbons (Fsp3) is 0.448. The van der Waals surface area contributed by atoms with Gasteiger partial charge >= 0.3 is 11.9 Å². The first-order valence-electron chi connectivity index (χ1n) is 26.1. The smallest absolute Gasteiger partial charge is 0.339 e. The quantitative estimate of drug-likeness (QED) is 0.0722. The van der Waals surface area contributed by atoms with Crippen molar-refractivity contribution in [2.45, 2.75) is 101 Å². The van der Waals surface area contributed by atoms with Crippen LogP contribution in [0.3, 0.4) is 0 Å². The molecular formula is C58H70N8O10. The van der Waals surface area contributed by atoms with Gasteiger partial charge < -0.3 is 49.4 Å². The van der Waals surface area contributed by atoms with Gasteiger partial charge in [0, 0.05) is 80.4 Å². The first kappa shape index (κ1) is 53.9. The molecule has 2 saturated heterocycles. The first-order valence-corrected chi connectivity index (χ1v) is 26.1. The summed E-state index contributed by atoms with van der Waals surface area (Å²) in [7, 11) is 4.92. The minimum absolute atomic E-state index is 0.0686. The predicted octanol–water partition coefficient (Wildman–Crippen LogP) is 7.17. The van der Waals surface area contributed by atoms with Gasteiger partial charge in [0.05, 0.1) is 43.4 Å². The van der Waals surface area contributed by atoms with E-state index in [1.807, 2.05) is 79.7 Å². The van der Waals surface area contributed by atoms with E-state index in [4.69, 9.17) is 23.7 Å². The second-order valence-corrected chi connectivity index (χ2v) is 21.1. The molecule has 4 N–H and O–H groups in total. The number of rotatable bonds is 16. The Labute approximate surface area is 444 Å². The minimum Gasteiger partial charge on any atom is -0.497 e. The van der Waals surface area contributed by atoms with Crippen LogP contribution in [0.1, 0.15) is 90.9 Å². The number of carbonyl (C=O) groups excluding carboxylic acids is 3. The van der Waals surface area contributed by atoms with Gasteiger partial charge in [-0.1, -0.05) is 18.2 Å². The maximum Gasteiger partial charge on any atom is 0.339 e. The SMILES string of the molecule is COC(=O)C[C@](O)(CCCC(C)(C)O)C(=O)O[C@@H]1C(OC)=C[C@]23CCCN2CCc2cc4c(cc2[C@H]13)OCO4.Cc1ccc(NC(=O)c2ccc(CN3CCN(C)CC3)cc2)cc1Nc1nccc(-c2cccnc2)n1. The van der Waals surface area contributed by atoms with Crippen LogP contribution in [-0.2, 0) is 36.8 Å². The van der Waals surface area contributed by atoms with Crippen LogP contribution < -0.4 is 20.1 Å². The zero-order chi connectivity index (χ0) is 53.6. The van der Waals surface area contributed by atoms with Crippen molar-refractivity contribution < 1.29 is 48.3 Å². The van der Waals surface area contributed by atoms with E-state index in [9.17, 15) is 24.6 Å². The van der Waals surface area contributed by atoms with E-state index in [0.717, 1.165) is 98.7 Å². The molecular weight excluding hydrogens is 969 g/mol. The maximum atomic E-state index is 13.8. The molecule has 0 saturated carbocycles. The fourth-order valence-electron chi connectivity index (χ4n) is 11.0. The summed E-state index contributed by atoms with van der Waals surface area (Å²) in [6.45, 7) is 12.4. The third kappa shape index (κ3) is 12.3. The number of anilines is 3. The van der Waals surface area contributed by atoms with Gasteiger partial charge in [0.15, 0.2) is 23.2 Å². The lowest BCUT2D eigenvalue weighted by Gasteiger charge is -2.39. The molecule has 76 heavy (non-hydrogen) atoms. The molecule has 18 heteroatoms. The van der Waals surface area contributed by atoms with Gasteiger partial charge in [-0.2, -0.15) is 0 Å². The summed E-state index contributed by atoms with van der Waals surface area (Å²) in [6.07, 6.45) is 9.16. The van der Waals surface area contributed by atoms with Crippen molar-refractivity contribution in [3.8, 4) is 22.8 Å². The monoisotopic (exact) mass is 1040 g/mol. The van der Waals surface area contributed by atoms with Crippen LogP contribution in [0.25, 0.3) is 11.3 Å². The van der Waals surface area contributed by atoms with E-state index in [0.29, 0.717) is 47.3 Å². The summed E-state index contributed by atoms with van der Waals surface area (Å²) in [4.78, 5) is 59.3. The fourth-order valence-corrected chi connectivity index (χ4v) is 11.0. The molecule has 10 rings (SSSR count). The molecule has 2 fully saturated rings. The summed E-state index contributed by atoms with van der Waals surface area (Å²) in [6, 6.07) is 23.3. The second kappa shape index (κ2) is 23.1. The Bertz CT molecular complexity index is 2910. The van der Waals surface area contributed by atoms with Crippen LogP contribution in [-0.4, -0.2) is 148 Å². The average Bonchev–Trinajstić information content (AvgIpc) is 4.13.